The summed E-state index contributed by atoms with van der Waals surface area (Å²) in [5, 5.41) is 8.66. The Kier molecular flexibility index (Phi) is 3.03. The van der Waals surface area contributed by atoms with Gasteiger partial charge in [0.15, 0.2) is 0 Å². The van der Waals surface area contributed by atoms with Gasteiger partial charge in [0.1, 0.15) is 0 Å². The molecule has 0 aliphatic carbocycles. The first kappa shape index (κ1) is 9.93. The van der Waals surface area contributed by atoms with E-state index in [4.69, 9.17) is 9.84 Å². The first-order valence-corrected chi connectivity index (χ1v) is 5.26. The van der Waals surface area contributed by atoms with Crippen molar-refractivity contribution in [2.75, 3.05) is 32.8 Å². The van der Waals surface area contributed by atoms with Crippen LogP contribution in [0.2, 0.25) is 0 Å². The highest BCUT2D eigenvalue weighted by Gasteiger charge is 2.28. The topological polar surface area (TPSA) is 49.8 Å². The largest absolute Gasteiger partial charge is 0.481 e. The monoisotopic (exact) mass is 199 g/mol. The lowest BCUT2D eigenvalue weighted by Gasteiger charge is -2.30. The van der Waals surface area contributed by atoms with Crippen LogP contribution in [-0.4, -0.2) is 48.8 Å². The van der Waals surface area contributed by atoms with E-state index in [9.17, 15) is 4.79 Å². The second-order valence-corrected chi connectivity index (χ2v) is 4.42. The zero-order chi connectivity index (χ0) is 9.97. The first-order valence-electron chi connectivity index (χ1n) is 5.26. The van der Waals surface area contributed by atoms with Crippen molar-refractivity contribution in [2.45, 2.75) is 12.8 Å². The van der Waals surface area contributed by atoms with E-state index >= 15 is 0 Å². The third kappa shape index (κ3) is 2.45. The lowest BCUT2D eigenvalue weighted by molar-refractivity contribution is -0.138. The Morgan fingerprint density at radius 3 is 2.79 bits per heavy atom. The Morgan fingerprint density at radius 2 is 2.21 bits per heavy atom. The molecule has 4 nitrogen and oxygen atoms in total. The Bertz CT molecular complexity index is 215. The van der Waals surface area contributed by atoms with Crippen LogP contribution in [0.1, 0.15) is 12.8 Å². The van der Waals surface area contributed by atoms with Gasteiger partial charge in [-0.15, -0.1) is 0 Å². The van der Waals surface area contributed by atoms with E-state index in [0.717, 1.165) is 39.3 Å². The van der Waals surface area contributed by atoms with Crippen molar-refractivity contribution in [3.63, 3.8) is 0 Å². The first-order chi connectivity index (χ1) is 6.74. The summed E-state index contributed by atoms with van der Waals surface area (Å²) >= 11 is 0. The zero-order valence-electron chi connectivity index (χ0n) is 8.32. The molecule has 0 aromatic rings. The number of hydrogen-bond donors (Lipinski definition) is 1. The van der Waals surface area contributed by atoms with Gasteiger partial charge >= 0.3 is 5.97 Å². The van der Waals surface area contributed by atoms with Gasteiger partial charge in [-0.25, -0.2) is 0 Å². The smallest absolute Gasteiger partial charge is 0.303 e. The number of likely N-dealkylation sites (tertiary alicyclic amines) is 1. The van der Waals surface area contributed by atoms with Crippen LogP contribution in [0.15, 0.2) is 0 Å². The molecule has 2 aliphatic rings. The van der Waals surface area contributed by atoms with Crippen LogP contribution >= 0.6 is 0 Å². The average molecular weight is 199 g/mol. The number of rotatable bonds is 4. The molecule has 2 saturated heterocycles. The van der Waals surface area contributed by atoms with E-state index in [1.54, 1.807) is 0 Å². The fraction of sp³-hybridized carbons (Fsp3) is 0.900. The number of aliphatic carboxylic acids is 1. The minimum Gasteiger partial charge on any atom is -0.481 e. The highest BCUT2D eigenvalue weighted by Crippen LogP contribution is 2.22. The summed E-state index contributed by atoms with van der Waals surface area (Å²) < 4.78 is 5.12. The molecular formula is C10H17NO3. The summed E-state index contributed by atoms with van der Waals surface area (Å²) in [4.78, 5) is 12.9. The molecule has 1 unspecified atom stereocenters. The molecule has 0 radical (unpaired) electrons. The van der Waals surface area contributed by atoms with Crippen molar-refractivity contribution < 1.29 is 14.6 Å². The molecule has 0 saturated carbocycles. The average Bonchev–Trinajstić information content (AvgIpc) is 2.44. The van der Waals surface area contributed by atoms with Crippen LogP contribution in [0.25, 0.3) is 0 Å². The molecule has 0 amide bonds. The van der Waals surface area contributed by atoms with E-state index in [0.29, 0.717) is 18.3 Å². The predicted octanol–water partition coefficient (Wildman–Crippen LogP) is 0.429. The number of carboxylic acid groups (broad SMARTS) is 1. The fourth-order valence-corrected chi connectivity index (χ4v) is 2.25. The molecule has 4 heteroatoms. The van der Waals surface area contributed by atoms with Crippen molar-refractivity contribution >= 4 is 5.97 Å². The molecule has 80 valence electrons. The van der Waals surface area contributed by atoms with E-state index in [-0.39, 0.29) is 0 Å². The Labute approximate surface area is 83.8 Å². The molecule has 2 aliphatic heterocycles. The van der Waals surface area contributed by atoms with Gasteiger partial charge in [0.05, 0.1) is 13.2 Å². The maximum absolute atomic E-state index is 10.5. The third-order valence-corrected chi connectivity index (χ3v) is 3.06. The summed E-state index contributed by atoms with van der Waals surface area (Å²) in [5.41, 5.74) is 0. The van der Waals surface area contributed by atoms with E-state index < -0.39 is 5.97 Å². The molecule has 2 heterocycles. The van der Waals surface area contributed by atoms with E-state index in [1.807, 2.05) is 0 Å². The van der Waals surface area contributed by atoms with Crippen LogP contribution in [0, 0.1) is 11.8 Å². The maximum Gasteiger partial charge on any atom is 0.303 e. The SMILES string of the molecule is O=C(O)CC1CCN(CC2COC2)C1. The van der Waals surface area contributed by atoms with Gasteiger partial charge in [0, 0.05) is 25.4 Å². The number of carboxylic acids is 1. The minimum atomic E-state index is -0.663. The highest BCUT2D eigenvalue weighted by atomic mass is 16.5. The predicted molar refractivity (Wildman–Crippen MR) is 51.1 cm³/mol. The molecule has 0 aromatic heterocycles. The summed E-state index contributed by atoms with van der Waals surface area (Å²) in [6.07, 6.45) is 1.37. The lowest BCUT2D eigenvalue weighted by atomic mass is 10.1. The van der Waals surface area contributed by atoms with Crippen molar-refractivity contribution in [1.82, 2.24) is 4.90 Å². The summed E-state index contributed by atoms with van der Waals surface area (Å²) in [6.45, 7) is 4.90. The van der Waals surface area contributed by atoms with Crippen LogP contribution in [0.5, 0.6) is 0 Å². The molecular weight excluding hydrogens is 182 g/mol. The molecule has 1 N–H and O–H groups in total. The summed E-state index contributed by atoms with van der Waals surface area (Å²) in [6, 6.07) is 0. The van der Waals surface area contributed by atoms with Gasteiger partial charge in [-0.05, 0) is 18.9 Å². The van der Waals surface area contributed by atoms with Gasteiger partial charge in [-0.3, -0.25) is 4.79 Å². The highest BCUT2D eigenvalue weighted by molar-refractivity contribution is 5.67. The van der Waals surface area contributed by atoms with Crippen LogP contribution in [0.4, 0.5) is 0 Å². The standard InChI is InChI=1S/C10H17NO3/c12-10(13)3-8-1-2-11(4-8)5-9-6-14-7-9/h8-9H,1-7H2,(H,12,13). The van der Waals surface area contributed by atoms with Crippen molar-refractivity contribution in [2.24, 2.45) is 11.8 Å². The van der Waals surface area contributed by atoms with Gasteiger partial charge in [0.25, 0.3) is 0 Å². The normalized spacial score (nSPS) is 29.0. The molecule has 0 bridgehead atoms. The zero-order valence-corrected chi connectivity index (χ0v) is 8.32. The third-order valence-electron chi connectivity index (χ3n) is 3.06. The molecule has 0 spiro atoms. The molecule has 14 heavy (non-hydrogen) atoms. The van der Waals surface area contributed by atoms with Crippen molar-refractivity contribution in [3.8, 4) is 0 Å². The molecule has 0 aromatic carbocycles. The second kappa shape index (κ2) is 4.28. The quantitative estimate of drug-likeness (QED) is 0.713. The summed E-state index contributed by atoms with van der Waals surface area (Å²) in [7, 11) is 0. The van der Waals surface area contributed by atoms with Gasteiger partial charge in [0.2, 0.25) is 0 Å². The second-order valence-electron chi connectivity index (χ2n) is 4.42. The van der Waals surface area contributed by atoms with Crippen LogP contribution in [0.3, 0.4) is 0 Å². The summed E-state index contributed by atoms with van der Waals surface area (Å²) in [5.74, 6) is 0.399. The number of carbonyl (C=O) groups is 1. The lowest BCUT2D eigenvalue weighted by Crippen LogP contribution is -2.38. The maximum atomic E-state index is 10.5. The van der Waals surface area contributed by atoms with Gasteiger partial charge < -0.3 is 14.7 Å². The Morgan fingerprint density at radius 1 is 1.43 bits per heavy atom. The van der Waals surface area contributed by atoms with Crippen LogP contribution in [-0.2, 0) is 9.53 Å². The number of nitrogens with zero attached hydrogens (tertiary/aromatic N) is 1. The molecule has 2 fully saturated rings. The fourth-order valence-electron chi connectivity index (χ4n) is 2.25. The van der Waals surface area contributed by atoms with Crippen molar-refractivity contribution in [3.05, 3.63) is 0 Å². The minimum absolute atomic E-state index is 0.331. The van der Waals surface area contributed by atoms with E-state index in [1.165, 1.54) is 0 Å². The van der Waals surface area contributed by atoms with E-state index in [2.05, 4.69) is 4.90 Å². The Hall–Kier alpha value is -0.610. The molecule has 2 rings (SSSR count). The van der Waals surface area contributed by atoms with Gasteiger partial charge in [-0.2, -0.15) is 0 Å². The Balaban J connectivity index is 1.68. The van der Waals surface area contributed by atoms with Crippen LogP contribution < -0.4 is 0 Å². The van der Waals surface area contributed by atoms with Crippen molar-refractivity contribution in [1.29, 1.82) is 0 Å². The number of hydrogen-bond acceptors (Lipinski definition) is 3. The molecule has 1 atom stereocenters. The van der Waals surface area contributed by atoms with Gasteiger partial charge in [-0.1, -0.05) is 0 Å². The number of ether oxygens (including phenoxy) is 1.